The highest BCUT2D eigenvalue weighted by Gasteiger charge is 2.29. The number of carbonyl (C=O) groups is 1. The highest BCUT2D eigenvalue weighted by molar-refractivity contribution is 5.93. The van der Waals surface area contributed by atoms with Gasteiger partial charge in [0, 0.05) is 30.9 Å². The third-order valence-electron chi connectivity index (χ3n) is 5.44. The number of nitrogens with zero attached hydrogens (tertiary/aromatic N) is 2. The van der Waals surface area contributed by atoms with Crippen LogP contribution in [0.3, 0.4) is 0 Å². The number of fused-ring (bicyclic) bond motifs is 1. The fourth-order valence-corrected chi connectivity index (χ4v) is 4.22. The highest BCUT2D eigenvalue weighted by atomic mass is 16.1. The van der Waals surface area contributed by atoms with Crippen LogP contribution in [0.15, 0.2) is 0 Å². The van der Waals surface area contributed by atoms with E-state index in [1.165, 1.54) is 43.4 Å². The summed E-state index contributed by atoms with van der Waals surface area (Å²) >= 11 is 0. The van der Waals surface area contributed by atoms with Crippen LogP contribution in [0.1, 0.15) is 67.2 Å². The zero-order valence-electron chi connectivity index (χ0n) is 14.5. The summed E-state index contributed by atoms with van der Waals surface area (Å²) in [5, 5.41) is 11.0. The largest absolute Gasteiger partial charge is 0.354 e. The topological polar surface area (TPSA) is 59.0 Å². The maximum Gasteiger partial charge on any atom is 0.271 e. The first-order valence-electron chi connectivity index (χ1n) is 9.27. The van der Waals surface area contributed by atoms with Crippen molar-refractivity contribution in [3.8, 4) is 0 Å². The average molecular weight is 318 g/mol. The van der Waals surface area contributed by atoms with Crippen molar-refractivity contribution in [3.63, 3.8) is 0 Å². The first kappa shape index (κ1) is 16.5. The van der Waals surface area contributed by atoms with Crippen molar-refractivity contribution in [2.75, 3.05) is 13.6 Å². The van der Waals surface area contributed by atoms with Gasteiger partial charge < -0.3 is 10.6 Å². The molecule has 2 N–H and O–H groups in total. The summed E-state index contributed by atoms with van der Waals surface area (Å²) in [6.45, 7) is 4.11. The second-order valence-electron chi connectivity index (χ2n) is 7.04. The first-order chi connectivity index (χ1) is 11.2. The molecular weight excluding hydrogens is 288 g/mol. The van der Waals surface area contributed by atoms with Gasteiger partial charge in [0.05, 0.1) is 0 Å². The van der Waals surface area contributed by atoms with Crippen molar-refractivity contribution in [2.24, 2.45) is 5.92 Å². The molecule has 3 rings (SSSR count). The van der Waals surface area contributed by atoms with E-state index in [1.54, 1.807) is 7.05 Å². The van der Waals surface area contributed by atoms with Crippen molar-refractivity contribution in [2.45, 2.75) is 70.9 Å². The van der Waals surface area contributed by atoms with Crippen LogP contribution in [0.5, 0.6) is 0 Å². The van der Waals surface area contributed by atoms with E-state index in [0.29, 0.717) is 11.7 Å². The lowest BCUT2D eigenvalue weighted by atomic mass is 9.88. The molecule has 2 aliphatic rings. The minimum Gasteiger partial charge on any atom is -0.354 e. The standard InChI is InChI=1S/C18H30N4O/c1-3-20-14-9-10-16-15(11-14)17(18(23)19-2)21-22(16)12-13-7-5-4-6-8-13/h13-14,20H,3-12H2,1-2H3,(H,19,23)/t14-/m1/s1. The molecule has 1 heterocycles. The summed E-state index contributed by atoms with van der Waals surface area (Å²) in [5.41, 5.74) is 3.14. The van der Waals surface area contributed by atoms with Crippen LogP contribution in [0.4, 0.5) is 0 Å². The molecule has 1 atom stereocenters. The van der Waals surface area contributed by atoms with Crippen molar-refractivity contribution in [1.29, 1.82) is 0 Å². The van der Waals surface area contributed by atoms with Gasteiger partial charge in [0.2, 0.25) is 0 Å². The van der Waals surface area contributed by atoms with E-state index >= 15 is 0 Å². The minimum atomic E-state index is -0.0409. The van der Waals surface area contributed by atoms with Crippen molar-refractivity contribution >= 4 is 5.91 Å². The van der Waals surface area contributed by atoms with Gasteiger partial charge in [-0.2, -0.15) is 5.10 Å². The maximum absolute atomic E-state index is 12.2. The van der Waals surface area contributed by atoms with E-state index in [-0.39, 0.29) is 5.91 Å². The number of rotatable bonds is 5. The quantitative estimate of drug-likeness (QED) is 0.876. The molecule has 1 aromatic rings. The summed E-state index contributed by atoms with van der Waals surface area (Å²) in [5.74, 6) is 0.692. The van der Waals surface area contributed by atoms with E-state index in [9.17, 15) is 4.79 Å². The third kappa shape index (κ3) is 3.60. The van der Waals surface area contributed by atoms with Crippen LogP contribution in [-0.4, -0.2) is 35.3 Å². The van der Waals surface area contributed by atoms with E-state index in [1.807, 2.05) is 0 Å². The van der Waals surface area contributed by atoms with Crippen LogP contribution in [0.2, 0.25) is 0 Å². The lowest BCUT2D eigenvalue weighted by Crippen LogP contribution is -2.35. The Kier molecular flexibility index (Phi) is 5.36. The Bertz CT molecular complexity index is 545. The molecule has 1 fully saturated rings. The fourth-order valence-electron chi connectivity index (χ4n) is 4.22. The number of hydrogen-bond donors (Lipinski definition) is 2. The molecule has 0 aliphatic heterocycles. The summed E-state index contributed by atoms with van der Waals surface area (Å²) in [7, 11) is 1.69. The zero-order valence-corrected chi connectivity index (χ0v) is 14.5. The number of nitrogens with one attached hydrogen (secondary N) is 2. The zero-order chi connectivity index (χ0) is 16.2. The monoisotopic (exact) mass is 318 g/mol. The molecule has 0 saturated heterocycles. The van der Waals surface area contributed by atoms with Gasteiger partial charge >= 0.3 is 0 Å². The van der Waals surface area contributed by atoms with Crippen LogP contribution in [0.25, 0.3) is 0 Å². The maximum atomic E-state index is 12.2. The lowest BCUT2D eigenvalue weighted by Gasteiger charge is -2.26. The lowest BCUT2D eigenvalue weighted by molar-refractivity contribution is 0.0956. The van der Waals surface area contributed by atoms with Gasteiger partial charge in [-0.05, 0) is 44.6 Å². The molecule has 2 aliphatic carbocycles. The normalized spacial score (nSPS) is 21.9. The van der Waals surface area contributed by atoms with Crippen molar-refractivity contribution < 1.29 is 4.79 Å². The van der Waals surface area contributed by atoms with E-state index in [0.717, 1.165) is 38.3 Å². The number of carbonyl (C=O) groups excluding carboxylic acids is 1. The van der Waals surface area contributed by atoms with Gasteiger partial charge in [-0.1, -0.05) is 26.2 Å². The Morgan fingerprint density at radius 2 is 2.04 bits per heavy atom. The van der Waals surface area contributed by atoms with Crippen molar-refractivity contribution in [3.05, 3.63) is 17.0 Å². The van der Waals surface area contributed by atoms with Gasteiger partial charge in [-0.15, -0.1) is 0 Å². The number of aromatic nitrogens is 2. The van der Waals surface area contributed by atoms with Crippen LogP contribution in [-0.2, 0) is 19.4 Å². The summed E-state index contributed by atoms with van der Waals surface area (Å²) in [4.78, 5) is 12.2. The molecule has 0 radical (unpaired) electrons. The molecule has 0 unspecified atom stereocenters. The predicted octanol–water partition coefficient (Wildman–Crippen LogP) is 2.29. The molecule has 5 nitrogen and oxygen atoms in total. The Balaban J connectivity index is 1.84. The Morgan fingerprint density at radius 1 is 1.26 bits per heavy atom. The molecule has 0 spiro atoms. The van der Waals surface area contributed by atoms with E-state index < -0.39 is 0 Å². The average Bonchev–Trinajstić information content (AvgIpc) is 2.93. The highest BCUT2D eigenvalue weighted by Crippen LogP contribution is 2.29. The second kappa shape index (κ2) is 7.47. The van der Waals surface area contributed by atoms with Crippen LogP contribution in [0, 0.1) is 5.92 Å². The van der Waals surface area contributed by atoms with Gasteiger partial charge in [0.1, 0.15) is 0 Å². The minimum absolute atomic E-state index is 0.0409. The molecule has 1 saturated carbocycles. The molecule has 128 valence electrons. The summed E-state index contributed by atoms with van der Waals surface area (Å²) in [6.07, 6.45) is 9.79. The summed E-state index contributed by atoms with van der Waals surface area (Å²) in [6, 6.07) is 0.475. The van der Waals surface area contributed by atoms with E-state index in [2.05, 4.69) is 22.2 Å². The molecule has 0 aromatic carbocycles. The predicted molar refractivity (Wildman–Crippen MR) is 91.7 cm³/mol. The summed E-state index contributed by atoms with van der Waals surface area (Å²) < 4.78 is 2.16. The van der Waals surface area contributed by atoms with Gasteiger partial charge in [0.25, 0.3) is 5.91 Å². The van der Waals surface area contributed by atoms with E-state index in [4.69, 9.17) is 5.10 Å². The van der Waals surface area contributed by atoms with Gasteiger partial charge in [0.15, 0.2) is 5.69 Å². The molecular formula is C18H30N4O. The van der Waals surface area contributed by atoms with Crippen LogP contribution < -0.4 is 10.6 Å². The number of amides is 1. The molecule has 1 amide bonds. The second-order valence-corrected chi connectivity index (χ2v) is 7.04. The van der Waals surface area contributed by atoms with Crippen molar-refractivity contribution in [1.82, 2.24) is 20.4 Å². The molecule has 1 aromatic heterocycles. The SMILES string of the molecule is CCN[C@@H]1CCc2c(c(C(=O)NC)nn2CC2CCCCC2)C1. The van der Waals surface area contributed by atoms with Gasteiger partial charge in [-0.3, -0.25) is 9.48 Å². The first-order valence-corrected chi connectivity index (χ1v) is 9.27. The fraction of sp³-hybridized carbons (Fsp3) is 0.778. The number of likely N-dealkylation sites (N-methyl/N-ethyl adjacent to an activating group) is 1. The molecule has 0 bridgehead atoms. The Morgan fingerprint density at radius 3 is 2.74 bits per heavy atom. The Hall–Kier alpha value is -1.36. The molecule has 5 heteroatoms. The third-order valence-corrected chi connectivity index (χ3v) is 5.44. The van der Waals surface area contributed by atoms with Crippen LogP contribution >= 0.6 is 0 Å². The smallest absolute Gasteiger partial charge is 0.271 e. The number of hydrogen-bond acceptors (Lipinski definition) is 3. The Labute approximate surface area is 139 Å². The molecule has 23 heavy (non-hydrogen) atoms. The van der Waals surface area contributed by atoms with Gasteiger partial charge in [-0.25, -0.2) is 0 Å².